The van der Waals surface area contributed by atoms with Gasteiger partial charge in [-0.25, -0.2) is 0 Å². The lowest BCUT2D eigenvalue weighted by Gasteiger charge is -2.09. The molecule has 1 aromatic heterocycles. The van der Waals surface area contributed by atoms with Gasteiger partial charge < -0.3 is 10.4 Å². The second-order valence-corrected chi connectivity index (χ2v) is 5.39. The van der Waals surface area contributed by atoms with E-state index in [0.717, 1.165) is 5.69 Å². The van der Waals surface area contributed by atoms with Crippen molar-refractivity contribution in [3.63, 3.8) is 0 Å². The number of hydrogen-bond acceptors (Lipinski definition) is 3. The third kappa shape index (κ3) is 5.59. The van der Waals surface area contributed by atoms with Gasteiger partial charge in [0.1, 0.15) is 5.15 Å². The molecule has 0 aromatic carbocycles. The molecule has 1 aromatic rings. The van der Waals surface area contributed by atoms with Crippen LogP contribution in [0.1, 0.15) is 31.0 Å². The number of hydrogen-bond donors (Lipinski definition) is 2. The van der Waals surface area contributed by atoms with E-state index in [2.05, 4.69) is 10.4 Å². The Morgan fingerprint density at radius 2 is 2.19 bits per heavy atom. The van der Waals surface area contributed by atoms with E-state index < -0.39 is 5.97 Å². The lowest BCUT2D eigenvalue weighted by Crippen LogP contribution is -2.26. The summed E-state index contributed by atoms with van der Waals surface area (Å²) in [6.45, 7) is 4.16. The lowest BCUT2D eigenvalue weighted by molar-refractivity contribution is -0.137. The van der Waals surface area contributed by atoms with Gasteiger partial charge in [-0.1, -0.05) is 18.5 Å². The Balaban J connectivity index is 2.46. The van der Waals surface area contributed by atoms with Crippen LogP contribution < -0.4 is 5.32 Å². The third-order valence-electron chi connectivity index (χ3n) is 3.07. The molecule has 2 N–H and O–H groups in total. The molecule has 1 unspecified atom stereocenters. The van der Waals surface area contributed by atoms with Crippen LogP contribution in [0.3, 0.4) is 0 Å². The normalized spacial score (nSPS) is 12.6. The number of carbonyl (C=O) groups excluding carboxylic acids is 1. The molecular weight excluding hydrogens is 294 g/mol. The molecule has 0 radical (unpaired) electrons. The molecule has 0 saturated carbocycles. The monoisotopic (exact) mass is 313 g/mol. The molecule has 1 atom stereocenters. The summed E-state index contributed by atoms with van der Waals surface area (Å²) in [5, 5.41) is 15.9. The second-order valence-electron chi connectivity index (χ2n) is 5.03. The smallest absolute Gasteiger partial charge is 0.303 e. The van der Waals surface area contributed by atoms with E-state index >= 15 is 0 Å². The van der Waals surface area contributed by atoms with E-state index in [4.69, 9.17) is 16.7 Å². The van der Waals surface area contributed by atoms with Gasteiger partial charge in [0.15, 0.2) is 0 Å². The summed E-state index contributed by atoms with van der Waals surface area (Å²) in [5.74, 6) is -0.951. The van der Waals surface area contributed by atoms with Crippen LogP contribution in [0, 0.1) is 12.8 Å². The van der Waals surface area contributed by atoms with E-state index in [9.17, 15) is 9.59 Å². The second kappa shape index (κ2) is 7.83. The van der Waals surface area contributed by atoms with Crippen molar-refractivity contribution in [2.75, 3.05) is 6.54 Å². The highest BCUT2D eigenvalue weighted by Crippen LogP contribution is 2.19. The average molecular weight is 314 g/mol. The van der Waals surface area contributed by atoms with E-state index in [1.165, 1.54) is 6.08 Å². The third-order valence-corrected chi connectivity index (χ3v) is 3.52. The summed E-state index contributed by atoms with van der Waals surface area (Å²) in [4.78, 5) is 22.2. The van der Waals surface area contributed by atoms with Gasteiger partial charge in [0, 0.05) is 31.7 Å². The largest absolute Gasteiger partial charge is 0.481 e. The van der Waals surface area contributed by atoms with Gasteiger partial charge in [0.05, 0.1) is 5.69 Å². The number of aryl methyl sites for hydroxylation is 2. The molecule has 0 bridgehead atoms. The van der Waals surface area contributed by atoms with Crippen LogP contribution in [-0.2, 0) is 16.6 Å². The summed E-state index contributed by atoms with van der Waals surface area (Å²) >= 11 is 6.06. The van der Waals surface area contributed by atoms with Crippen molar-refractivity contribution in [3.05, 3.63) is 22.5 Å². The first kappa shape index (κ1) is 17.2. The SMILES string of the molecule is Cc1nn(C)c(Cl)c1/C=C/C(=O)NCC(C)CCC(=O)O. The van der Waals surface area contributed by atoms with Crippen LogP contribution in [0.5, 0.6) is 0 Å². The molecule has 0 aliphatic heterocycles. The van der Waals surface area contributed by atoms with Crippen molar-refractivity contribution in [3.8, 4) is 0 Å². The number of aliphatic carboxylic acids is 1. The predicted octanol–water partition coefficient (Wildman–Crippen LogP) is 2.01. The predicted molar refractivity (Wildman–Crippen MR) is 81.0 cm³/mol. The van der Waals surface area contributed by atoms with Crippen LogP contribution in [0.2, 0.25) is 5.15 Å². The Morgan fingerprint density at radius 1 is 1.52 bits per heavy atom. The Hall–Kier alpha value is -1.82. The Labute approximate surface area is 128 Å². The van der Waals surface area contributed by atoms with Crippen molar-refractivity contribution in [2.24, 2.45) is 13.0 Å². The topological polar surface area (TPSA) is 84.2 Å². The zero-order valence-corrected chi connectivity index (χ0v) is 13.1. The summed E-state index contributed by atoms with van der Waals surface area (Å²) in [6.07, 6.45) is 3.67. The van der Waals surface area contributed by atoms with Crippen LogP contribution in [0.4, 0.5) is 0 Å². The lowest BCUT2D eigenvalue weighted by atomic mass is 10.1. The van der Waals surface area contributed by atoms with E-state index in [1.807, 2.05) is 13.8 Å². The van der Waals surface area contributed by atoms with Gasteiger partial charge >= 0.3 is 5.97 Å². The van der Waals surface area contributed by atoms with Gasteiger partial charge in [-0.15, -0.1) is 0 Å². The van der Waals surface area contributed by atoms with E-state index in [-0.39, 0.29) is 18.2 Å². The number of nitrogens with one attached hydrogen (secondary N) is 1. The van der Waals surface area contributed by atoms with Crippen LogP contribution in [-0.4, -0.2) is 33.3 Å². The number of rotatable bonds is 7. The minimum atomic E-state index is -0.824. The molecule has 0 aliphatic carbocycles. The zero-order valence-electron chi connectivity index (χ0n) is 12.4. The molecule has 0 saturated heterocycles. The summed E-state index contributed by atoms with van der Waals surface area (Å²) in [5.41, 5.74) is 1.47. The van der Waals surface area contributed by atoms with Crippen LogP contribution >= 0.6 is 11.6 Å². The number of halogens is 1. The van der Waals surface area contributed by atoms with Crippen molar-refractivity contribution >= 4 is 29.6 Å². The molecule has 0 fully saturated rings. The number of carboxylic acids is 1. The maximum atomic E-state index is 11.7. The fourth-order valence-electron chi connectivity index (χ4n) is 1.80. The number of carbonyl (C=O) groups is 2. The first-order valence-electron chi connectivity index (χ1n) is 6.68. The summed E-state index contributed by atoms with van der Waals surface area (Å²) in [7, 11) is 1.73. The minimum absolute atomic E-state index is 0.108. The highest BCUT2D eigenvalue weighted by molar-refractivity contribution is 6.31. The van der Waals surface area contributed by atoms with Crippen molar-refractivity contribution in [1.82, 2.24) is 15.1 Å². The highest BCUT2D eigenvalue weighted by atomic mass is 35.5. The van der Waals surface area contributed by atoms with Crippen LogP contribution in [0.25, 0.3) is 6.08 Å². The van der Waals surface area contributed by atoms with Crippen molar-refractivity contribution in [1.29, 1.82) is 0 Å². The van der Waals surface area contributed by atoms with Crippen molar-refractivity contribution < 1.29 is 14.7 Å². The Morgan fingerprint density at radius 3 is 2.71 bits per heavy atom. The first-order valence-corrected chi connectivity index (χ1v) is 7.05. The van der Waals surface area contributed by atoms with Gasteiger partial charge in [-0.3, -0.25) is 14.3 Å². The molecule has 6 nitrogen and oxygen atoms in total. The molecule has 1 heterocycles. The summed E-state index contributed by atoms with van der Waals surface area (Å²) in [6, 6.07) is 0. The van der Waals surface area contributed by atoms with Gasteiger partial charge in [0.25, 0.3) is 0 Å². The molecule has 21 heavy (non-hydrogen) atoms. The fraction of sp³-hybridized carbons (Fsp3) is 0.500. The van der Waals surface area contributed by atoms with Crippen molar-refractivity contribution in [2.45, 2.75) is 26.7 Å². The number of nitrogens with zero attached hydrogens (tertiary/aromatic N) is 2. The number of aromatic nitrogens is 2. The van der Waals surface area contributed by atoms with E-state index in [0.29, 0.717) is 23.7 Å². The quantitative estimate of drug-likeness (QED) is 0.754. The molecular formula is C14H20ClN3O3. The zero-order chi connectivity index (χ0) is 16.0. The maximum absolute atomic E-state index is 11.7. The molecule has 0 spiro atoms. The van der Waals surface area contributed by atoms with Gasteiger partial charge in [0.2, 0.25) is 5.91 Å². The number of amides is 1. The fourth-order valence-corrected chi connectivity index (χ4v) is 2.04. The number of carboxylic acid groups (broad SMARTS) is 1. The van der Waals surface area contributed by atoms with Gasteiger partial charge in [-0.05, 0) is 25.3 Å². The summed E-state index contributed by atoms with van der Waals surface area (Å²) < 4.78 is 1.54. The average Bonchev–Trinajstić information content (AvgIpc) is 2.65. The standard InChI is InChI=1S/C14H20ClN3O3/c1-9(4-7-13(20)21)8-16-12(19)6-5-11-10(2)17-18(3)14(11)15/h5-6,9H,4,7-8H2,1-3H3,(H,16,19)(H,20,21)/b6-5+. The minimum Gasteiger partial charge on any atom is -0.481 e. The molecule has 116 valence electrons. The maximum Gasteiger partial charge on any atom is 0.303 e. The molecule has 1 amide bonds. The molecule has 0 aliphatic rings. The van der Waals surface area contributed by atoms with Crippen LogP contribution in [0.15, 0.2) is 6.08 Å². The molecule has 7 heteroatoms. The highest BCUT2D eigenvalue weighted by Gasteiger charge is 2.09. The molecule has 1 rings (SSSR count). The Bertz CT molecular complexity index is 552. The Kier molecular flexibility index (Phi) is 6.42. The van der Waals surface area contributed by atoms with E-state index in [1.54, 1.807) is 17.8 Å². The van der Waals surface area contributed by atoms with Gasteiger partial charge in [-0.2, -0.15) is 5.10 Å². The first-order chi connectivity index (χ1) is 9.81.